The molecule has 0 heterocycles. The van der Waals surface area contributed by atoms with E-state index >= 15 is 0 Å². The summed E-state index contributed by atoms with van der Waals surface area (Å²) in [4.78, 5) is 22.6. The molecule has 0 aliphatic heterocycles. The molecule has 4 nitrogen and oxygen atoms in total. The third-order valence-electron chi connectivity index (χ3n) is 5.59. The van der Waals surface area contributed by atoms with Crippen LogP contribution in [0.1, 0.15) is 71.4 Å². The quantitative estimate of drug-likeness (QED) is 0.387. The van der Waals surface area contributed by atoms with Crippen LogP contribution in [-0.2, 0) is 0 Å². The Labute approximate surface area is 193 Å². The van der Waals surface area contributed by atoms with Gasteiger partial charge in [-0.25, -0.2) is 0 Å². The van der Waals surface area contributed by atoms with Crippen LogP contribution in [0, 0.1) is 25.7 Å². The fourth-order valence-electron chi connectivity index (χ4n) is 3.26. The van der Waals surface area contributed by atoms with Gasteiger partial charge in [0.15, 0.2) is 11.6 Å². The first-order valence-corrected chi connectivity index (χ1v) is 11.7. The van der Waals surface area contributed by atoms with Gasteiger partial charge in [0.1, 0.15) is 11.5 Å². The van der Waals surface area contributed by atoms with E-state index in [1.165, 1.54) is 25.7 Å². The zero-order valence-corrected chi connectivity index (χ0v) is 20.4. The lowest BCUT2D eigenvalue weighted by molar-refractivity contribution is 0.100. The second-order valence-corrected chi connectivity index (χ2v) is 9.55. The predicted molar refractivity (Wildman–Crippen MR) is 127 cm³/mol. The highest BCUT2D eigenvalue weighted by Gasteiger charge is 2.23. The normalized spacial score (nSPS) is 15.0. The predicted octanol–water partition coefficient (Wildman–Crippen LogP) is 6.74. The summed E-state index contributed by atoms with van der Waals surface area (Å²) in [5.41, 5.74) is 3.51. The zero-order valence-electron chi connectivity index (χ0n) is 18.8. The van der Waals surface area contributed by atoms with E-state index in [1.807, 2.05) is 44.2 Å². The van der Waals surface area contributed by atoms with Crippen LogP contribution in [0.5, 0.6) is 11.5 Å². The summed E-state index contributed by atoms with van der Waals surface area (Å²) >= 11 is 3.44. The number of carbonyl (C=O) groups is 2. The number of halogens is 1. The number of ether oxygens (including phenoxy) is 2. The standard InChI is InChI=1S/C13H15BrO2.C13H16O2/c1-8-5-13(16-7-10-3-4-10)12(14)6-11(8)9(2)15;1-9-7-12(15-8-11-3-4-11)5-6-13(9)10(2)14/h5-6,10H,3-4,7H2,1-2H3;5-7,11H,3-4,8H2,1-2H3. The van der Waals surface area contributed by atoms with Crippen LogP contribution in [0.3, 0.4) is 0 Å². The van der Waals surface area contributed by atoms with Crippen LogP contribution in [-0.4, -0.2) is 24.8 Å². The highest BCUT2D eigenvalue weighted by atomic mass is 79.9. The maximum absolute atomic E-state index is 11.3. The molecule has 2 aromatic carbocycles. The first-order valence-electron chi connectivity index (χ1n) is 10.9. The van der Waals surface area contributed by atoms with Gasteiger partial charge in [-0.2, -0.15) is 0 Å². The third kappa shape index (κ3) is 7.20. The van der Waals surface area contributed by atoms with Crippen LogP contribution in [0.2, 0.25) is 0 Å². The monoisotopic (exact) mass is 486 g/mol. The Morgan fingerprint density at radius 3 is 1.90 bits per heavy atom. The van der Waals surface area contributed by atoms with E-state index in [2.05, 4.69) is 15.9 Å². The lowest BCUT2D eigenvalue weighted by Gasteiger charge is -2.10. The molecule has 31 heavy (non-hydrogen) atoms. The molecule has 2 aliphatic carbocycles. The van der Waals surface area contributed by atoms with Crippen molar-refractivity contribution in [3.05, 3.63) is 57.1 Å². The lowest BCUT2D eigenvalue weighted by atomic mass is 10.1. The molecule has 2 fully saturated rings. The molecule has 0 atom stereocenters. The Bertz CT molecular complexity index is 958. The molecule has 0 amide bonds. The first kappa shape index (κ1) is 23.5. The average molecular weight is 487 g/mol. The largest absolute Gasteiger partial charge is 0.493 e. The minimum absolute atomic E-state index is 0.0898. The van der Waals surface area contributed by atoms with Crippen molar-refractivity contribution >= 4 is 27.5 Å². The van der Waals surface area contributed by atoms with Crippen molar-refractivity contribution in [1.82, 2.24) is 0 Å². The fourth-order valence-corrected chi connectivity index (χ4v) is 3.71. The number of benzene rings is 2. The smallest absolute Gasteiger partial charge is 0.160 e. The van der Waals surface area contributed by atoms with Crippen molar-refractivity contribution in [1.29, 1.82) is 0 Å². The van der Waals surface area contributed by atoms with E-state index in [1.54, 1.807) is 13.8 Å². The van der Waals surface area contributed by atoms with Gasteiger partial charge in [-0.3, -0.25) is 9.59 Å². The molecular weight excluding hydrogens is 456 g/mol. The minimum Gasteiger partial charge on any atom is -0.493 e. The molecule has 2 saturated carbocycles. The Balaban J connectivity index is 0.000000176. The lowest BCUT2D eigenvalue weighted by Crippen LogP contribution is -2.02. The Morgan fingerprint density at radius 1 is 0.839 bits per heavy atom. The number of rotatable bonds is 8. The summed E-state index contributed by atoms with van der Waals surface area (Å²) in [5.74, 6) is 3.42. The Morgan fingerprint density at radius 2 is 1.39 bits per heavy atom. The first-order chi connectivity index (χ1) is 14.7. The van der Waals surface area contributed by atoms with Crippen LogP contribution in [0.25, 0.3) is 0 Å². The van der Waals surface area contributed by atoms with E-state index in [0.29, 0.717) is 0 Å². The molecule has 2 aliphatic rings. The molecule has 2 aromatic rings. The van der Waals surface area contributed by atoms with Gasteiger partial charge in [-0.05, 0) is 123 Å². The summed E-state index contributed by atoms with van der Waals surface area (Å²) in [5, 5.41) is 0. The number of aryl methyl sites for hydroxylation is 2. The summed E-state index contributed by atoms with van der Waals surface area (Å²) in [6, 6.07) is 9.45. The van der Waals surface area contributed by atoms with Gasteiger partial charge < -0.3 is 9.47 Å². The average Bonchev–Trinajstić information content (AvgIpc) is 3.61. The molecule has 4 rings (SSSR count). The summed E-state index contributed by atoms with van der Waals surface area (Å²) in [6.45, 7) is 8.66. The van der Waals surface area contributed by atoms with Crippen molar-refractivity contribution in [2.24, 2.45) is 11.8 Å². The van der Waals surface area contributed by atoms with Gasteiger partial charge in [0.05, 0.1) is 17.7 Å². The van der Waals surface area contributed by atoms with E-state index in [0.717, 1.165) is 63.3 Å². The minimum atomic E-state index is 0.0898. The molecule has 0 N–H and O–H groups in total. The molecule has 0 radical (unpaired) electrons. The van der Waals surface area contributed by atoms with Gasteiger partial charge in [-0.15, -0.1) is 0 Å². The topological polar surface area (TPSA) is 52.6 Å². The number of Topliss-reactive ketones (excluding diaryl/α,β-unsaturated/α-hetero) is 2. The Kier molecular flexibility index (Phi) is 7.93. The molecule has 0 aromatic heterocycles. The van der Waals surface area contributed by atoms with Gasteiger partial charge >= 0.3 is 0 Å². The summed E-state index contributed by atoms with van der Waals surface area (Å²) < 4.78 is 12.2. The maximum Gasteiger partial charge on any atom is 0.160 e. The highest BCUT2D eigenvalue weighted by Crippen LogP contribution is 2.33. The maximum atomic E-state index is 11.3. The fraction of sp³-hybridized carbons (Fsp3) is 0.462. The summed E-state index contributed by atoms with van der Waals surface area (Å²) in [6.07, 6.45) is 5.15. The van der Waals surface area contributed by atoms with Crippen LogP contribution in [0.15, 0.2) is 34.8 Å². The zero-order chi connectivity index (χ0) is 22.5. The molecule has 5 heteroatoms. The van der Waals surface area contributed by atoms with Crippen LogP contribution >= 0.6 is 15.9 Å². The highest BCUT2D eigenvalue weighted by molar-refractivity contribution is 9.10. The van der Waals surface area contributed by atoms with Gasteiger partial charge in [0.25, 0.3) is 0 Å². The molecule has 166 valence electrons. The van der Waals surface area contributed by atoms with Crippen LogP contribution < -0.4 is 9.47 Å². The van der Waals surface area contributed by atoms with Crippen LogP contribution in [0.4, 0.5) is 0 Å². The molecule has 0 saturated heterocycles. The number of ketones is 2. The van der Waals surface area contributed by atoms with Crippen molar-refractivity contribution < 1.29 is 19.1 Å². The van der Waals surface area contributed by atoms with E-state index in [-0.39, 0.29) is 11.6 Å². The summed E-state index contributed by atoms with van der Waals surface area (Å²) in [7, 11) is 0. The molecule has 0 bridgehead atoms. The van der Waals surface area contributed by atoms with Gasteiger partial charge in [0, 0.05) is 11.1 Å². The second-order valence-electron chi connectivity index (χ2n) is 8.70. The SMILES string of the molecule is CC(=O)c1cc(Br)c(OCC2CC2)cc1C.CC(=O)c1ccc(OCC2CC2)cc1C. The number of carbonyl (C=O) groups excluding carboxylic acids is 2. The van der Waals surface area contributed by atoms with Crippen molar-refractivity contribution in [2.75, 3.05) is 13.2 Å². The molecular formula is C26H31BrO4. The van der Waals surface area contributed by atoms with Crippen molar-refractivity contribution in [3.63, 3.8) is 0 Å². The molecule has 0 unspecified atom stereocenters. The second kappa shape index (κ2) is 10.4. The van der Waals surface area contributed by atoms with E-state index in [9.17, 15) is 9.59 Å². The van der Waals surface area contributed by atoms with E-state index < -0.39 is 0 Å². The number of hydrogen-bond acceptors (Lipinski definition) is 4. The van der Waals surface area contributed by atoms with Gasteiger partial charge in [-0.1, -0.05) is 0 Å². The van der Waals surface area contributed by atoms with Crippen molar-refractivity contribution in [3.8, 4) is 11.5 Å². The van der Waals surface area contributed by atoms with E-state index in [4.69, 9.17) is 9.47 Å². The third-order valence-corrected chi connectivity index (χ3v) is 6.21. The number of hydrogen-bond donors (Lipinski definition) is 0. The van der Waals surface area contributed by atoms with Crippen molar-refractivity contribution in [2.45, 2.75) is 53.4 Å². The van der Waals surface area contributed by atoms with Gasteiger partial charge in [0.2, 0.25) is 0 Å². The molecule has 0 spiro atoms. The Hall–Kier alpha value is -2.14.